The highest BCUT2D eigenvalue weighted by atomic mass is 35.5. The van der Waals surface area contributed by atoms with Gasteiger partial charge in [0.2, 0.25) is 0 Å². The molecule has 3 amide bonds. The number of hydrogen-bond acceptors (Lipinski definition) is 3. The quantitative estimate of drug-likeness (QED) is 0.872. The number of amides is 3. The van der Waals surface area contributed by atoms with Gasteiger partial charge in [0.1, 0.15) is 0 Å². The molecule has 0 spiro atoms. The number of likely N-dealkylation sites (tertiary alicyclic amines) is 1. The van der Waals surface area contributed by atoms with Gasteiger partial charge in [-0.1, -0.05) is 6.07 Å². The molecule has 1 aromatic carbocycles. The minimum atomic E-state index is -0.0888. The molecule has 1 aromatic rings. The first-order valence-corrected chi connectivity index (χ1v) is 8.31. The molecular weight excluding hydrogens is 328 g/mol. The molecule has 1 atom stereocenters. The average molecular weight is 353 g/mol. The number of nitrogens with zero attached hydrogens (tertiary/aromatic N) is 2. The Morgan fingerprint density at radius 3 is 2.88 bits per heavy atom. The van der Waals surface area contributed by atoms with Gasteiger partial charge in [0.25, 0.3) is 5.91 Å². The maximum Gasteiger partial charge on any atom is 0.321 e. The Morgan fingerprint density at radius 2 is 2.12 bits per heavy atom. The van der Waals surface area contributed by atoms with Crippen LogP contribution in [0.5, 0.6) is 0 Å². The van der Waals surface area contributed by atoms with Crippen molar-refractivity contribution >= 4 is 30.0 Å². The van der Waals surface area contributed by atoms with E-state index in [0.29, 0.717) is 24.7 Å². The Labute approximate surface area is 149 Å². The van der Waals surface area contributed by atoms with Crippen LogP contribution in [0, 0.1) is 0 Å². The molecular formula is C17H25ClN4O2. The van der Waals surface area contributed by atoms with Gasteiger partial charge >= 0.3 is 6.03 Å². The van der Waals surface area contributed by atoms with Crippen LogP contribution in [-0.4, -0.2) is 56.1 Å². The Balaban J connectivity index is 0.00000208. The lowest BCUT2D eigenvalue weighted by atomic mass is 10.0. The number of anilines is 1. The summed E-state index contributed by atoms with van der Waals surface area (Å²) in [6.07, 6.45) is 3.04. The third-order valence-corrected chi connectivity index (χ3v) is 4.60. The predicted octanol–water partition coefficient (Wildman–Crippen LogP) is 1.85. The first-order chi connectivity index (χ1) is 11.2. The number of piperidine rings is 1. The summed E-state index contributed by atoms with van der Waals surface area (Å²) in [4.78, 5) is 28.3. The van der Waals surface area contributed by atoms with Crippen molar-refractivity contribution in [2.24, 2.45) is 0 Å². The second kappa shape index (κ2) is 8.35. The van der Waals surface area contributed by atoms with Crippen LogP contribution in [0.1, 0.15) is 29.6 Å². The van der Waals surface area contributed by atoms with Gasteiger partial charge in [-0.3, -0.25) is 9.69 Å². The van der Waals surface area contributed by atoms with Crippen molar-refractivity contribution in [1.82, 2.24) is 15.5 Å². The molecule has 2 heterocycles. The highest BCUT2D eigenvalue weighted by Gasteiger charge is 2.25. The molecule has 3 rings (SSSR count). The molecule has 7 heteroatoms. The third-order valence-electron chi connectivity index (χ3n) is 4.60. The van der Waals surface area contributed by atoms with Crippen molar-refractivity contribution in [3.63, 3.8) is 0 Å². The minimum absolute atomic E-state index is 0. The summed E-state index contributed by atoms with van der Waals surface area (Å²) < 4.78 is 0. The predicted molar refractivity (Wildman–Crippen MR) is 97.0 cm³/mol. The second-order valence-corrected chi connectivity index (χ2v) is 6.17. The monoisotopic (exact) mass is 352 g/mol. The molecule has 2 fully saturated rings. The third kappa shape index (κ3) is 3.99. The zero-order valence-corrected chi connectivity index (χ0v) is 14.8. The van der Waals surface area contributed by atoms with Gasteiger partial charge < -0.3 is 15.5 Å². The fourth-order valence-electron chi connectivity index (χ4n) is 3.26. The normalized spacial score (nSPS) is 21.0. The van der Waals surface area contributed by atoms with Crippen LogP contribution in [0.3, 0.4) is 0 Å². The molecule has 0 aromatic heterocycles. The largest absolute Gasteiger partial charge is 0.338 e. The standard InChI is InChI=1S/C17H24N4O2.ClH/c1-18-14-6-3-9-20(12-14)16(22)13-5-2-7-15(11-13)21-10-4-8-19-17(21)23;/h2,5,7,11,14,18H,3-4,6,8-10,12H2,1H3,(H,19,23);1H. The van der Waals surface area contributed by atoms with Crippen molar-refractivity contribution in [3.8, 4) is 0 Å². The second-order valence-electron chi connectivity index (χ2n) is 6.17. The summed E-state index contributed by atoms with van der Waals surface area (Å²) in [7, 11) is 1.94. The number of benzene rings is 1. The van der Waals surface area contributed by atoms with Crippen molar-refractivity contribution in [2.45, 2.75) is 25.3 Å². The first-order valence-electron chi connectivity index (χ1n) is 8.31. The lowest BCUT2D eigenvalue weighted by Gasteiger charge is -2.33. The number of likely N-dealkylation sites (N-methyl/N-ethyl adjacent to an activating group) is 1. The summed E-state index contributed by atoms with van der Waals surface area (Å²) in [6, 6.07) is 7.67. The Morgan fingerprint density at radius 1 is 1.29 bits per heavy atom. The van der Waals surface area contributed by atoms with Gasteiger partial charge in [-0.2, -0.15) is 0 Å². The number of hydrogen-bond donors (Lipinski definition) is 2. The SMILES string of the molecule is CNC1CCCN(C(=O)c2cccc(N3CCCNC3=O)c2)C1.Cl. The van der Waals surface area contributed by atoms with E-state index in [1.807, 2.05) is 36.2 Å². The van der Waals surface area contributed by atoms with Crippen molar-refractivity contribution in [1.29, 1.82) is 0 Å². The summed E-state index contributed by atoms with van der Waals surface area (Å²) in [5, 5.41) is 6.09. The first kappa shape index (κ1) is 18.5. The van der Waals surface area contributed by atoms with Gasteiger partial charge in [0.05, 0.1) is 0 Å². The molecule has 0 bridgehead atoms. The van der Waals surface area contributed by atoms with Crippen LogP contribution in [-0.2, 0) is 0 Å². The van der Waals surface area contributed by atoms with Crippen LogP contribution in [0.4, 0.5) is 10.5 Å². The maximum atomic E-state index is 12.8. The van der Waals surface area contributed by atoms with Crippen molar-refractivity contribution in [3.05, 3.63) is 29.8 Å². The highest BCUT2D eigenvalue weighted by Crippen LogP contribution is 2.21. The minimum Gasteiger partial charge on any atom is -0.338 e. The Hall–Kier alpha value is -1.79. The topological polar surface area (TPSA) is 64.7 Å². The molecule has 132 valence electrons. The van der Waals surface area contributed by atoms with Gasteiger partial charge in [0.15, 0.2) is 0 Å². The van der Waals surface area contributed by atoms with Gasteiger partial charge in [-0.15, -0.1) is 12.4 Å². The molecule has 0 saturated carbocycles. The lowest BCUT2D eigenvalue weighted by Crippen LogP contribution is -2.47. The van der Waals surface area contributed by atoms with Crippen LogP contribution in [0.25, 0.3) is 0 Å². The zero-order chi connectivity index (χ0) is 16.2. The van der Waals surface area contributed by atoms with E-state index in [1.165, 1.54) is 0 Å². The molecule has 2 saturated heterocycles. The maximum absolute atomic E-state index is 12.8. The number of halogens is 1. The number of carbonyl (C=O) groups excluding carboxylic acids is 2. The number of carbonyl (C=O) groups is 2. The molecule has 1 unspecified atom stereocenters. The number of urea groups is 1. The fraction of sp³-hybridized carbons (Fsp3) is 0.529. The number of nitrogens with one attached hydrogen (secondary N) is 2. The van der Waals surface area contributed by atoms with Crippen LogP contribution >= 0.6 is 12.4 Å². The summed E-state index contributed by atoms with van der Waals surface area (Å²) in [5.41, 5.74) is 1.44. The van der Waals surface area contributed by atoms with Crippen LogP contribution in [0.2, 0.25) is 0 Å². The van der Waals surface area contributed by atoms with Gasteiger partial charge in [-0.25, -0.2) is 4.79 Å². The van der Waals surface area contributed by atoms with Crippen LogP contribution in [0.15, 0.2) is 24.3 Å². The smallest absolute Gasteiger partial charge is 0.321 e. The Kier molecular flexibility index (Phi) is 6.45. The molecule has 24 heavy (non-hydrogen) atoms. The van der Waals surface area contributed by atoms with E-state index in [0.717, 1.165) is 38.0 Å². The fourth-order valence-corrected chi connectivity index (χ4v) is 3.26. The average Bonchev–Trinajstić information content (AvgIpc) is 2.61. The molecule has 6 nitrogen and oxygen atoms in total. The van der Waals surface area contributed by atoms with E-state index in [1.54, 1.807) is 4.90 Å². The van der Waals surface area contributed by atoms with Crippen molar-refractivity contribution in [2.75, 3.05) is 38.1 Å². The lowest BCUT2D eigenvalue weighted by molar-refractivity contribution is 0.0698. The van der Waals surface area contributed by atoms with E-state index in [-0.39, 0.29) is 24.3 Å². The van der Waals surface area contributed by atoms with E-state index in [9.17, 15) is 9.59 Å². The van der Waals surface area contributed by atoms with E-state index in [4.69, 9.17) is 0 Å². The van der Waals surface area contributed by atoms with Crippen molar-refractivity contribution < 1.29 is 9.59 Å². The summed E-state index contributed by atoms with van der Waals surface area (Å²) in [5.74, 6) is 0.0456. The van der Waals surface area contributed by atoms with E-state index in [2.05, 4.69) is 10.6 Å². The summed E-state index contributed by atoms with van der Waals surface area (Å²) in [6.45, 7) is 2.94. The molecule has 0 radical (unpaired) electrons. The van der Waals surface area contributed by atoms with Gasteiger partial charge in [-0.05, 0) is 44.5 Å². The van der Waals surface area contributed by atoms with E-state index < -0.39 is 0 Å². The van der Waals surface area contributed by atoms with E-state index >= 15 is 0 Å². The van der Waals surface area contributed by atoms with Gasteiger partial charge in [0, 0.05) is 43.5 Å². The zero-order valence-electron chi connectivity index (χ0n) is 14.0. The highest BCUT2D eigenvalue weighted by molar-refractivity contribution is 5.98. The Bertz CT molecular complexity index is 596. The molecule has 0 aliphatic carbocycles. The molecule has 2 N–H and O–H groups in total. The molecule has 2 aliphatic heterocycles. The van der Waals surface area contributed by atoms with Crippen LogP contribution < -0.4 is 15.5 Å². The number of rotatable bonds is 3. The molecule has 2 aliphatic rings. The summed E-state index contributed by atoms with van der Waals surface area (Å²) >= 11 is 0.